The van der Waals surface area contributed by atoms with Crippen LogP contribution in [-0.2, 0) is 67.2 Å². The maximum Gasteiger partial charge on any atom is 0.245 e. The van der Waals surface area contributed by atoms with Crippen LogP contribution >= 0.6 is 0 Å². The molecular formula is C50H68N16O10. The van der Waals surface area contributed by atoms with Gasteiger partial charge in [0, 0.05) is 87.7 Å². The molecule has 0 radical (unpaired) electrons. The predicted molar refractivity (Wildman–Crippen MR) is 278 cm³/mol. The zero-order valence-corrected chi connectivity index (χ0v) is 42.4. The van der Waals surface area contributed by atoms with Crippen molar-refractivity contribution in [3.8, 4) is 0 Å². The summed E-state index contributed by atoms with van der Waals surface area (Å²) in [5.74, 6) is -8.49. The molecule has 0 aliphatic carbocycles. The van der Waals surface area contributed by atoms with E-state index in [-0.39, 0.29) is 51.0 Å². The Labute approximate surface area is 437 Å². The minimum Gasteiger partial charge on any atom is -0.370 e. The summed E-state index contributed by atoms with van der Waals surface area (Å²) >= 11 is 0. The lowest BCUT2D eigenvalue weighted by molar-refractivity contribution is -0.135. The molecule has 26 heteroatoms. The molecule has 17 N–H and O–H groups in total. The van der Waals surface area contributed by atoms with Crippen LogP contribution in [0.5, 0.6) is 0 Å². The number of nitrogens with zero attached hydrogens (tertiary/aromatic N) is 2. The largest absolute Gasteiger partial charge is 0.370 e. The van der Waals surface area contributed by atoms with Crippen LogP contribution in [0.4, 0.5) is 0 Å². The monoisotopic (exact) mass is 1050 g/mol. The number of H-pyrrole nitrogens is 2. The van der Waals surface area contributed by atoms with Gasteiger partial charge in [0.2, 0.25) is 59.1 Å². The maximum atomic E-state index is 14.6. The molecule has 0 saturated carbocycles. The lowest BCUT2D eigenvalue weighted by atomic mass is 10.0. The summed E-state index contributed by atoms with van der Waals surface area (Å²) in [4.78, 5) is 152. The molecule has 3 heterocycles. The Morgan fingerprint density at radius 3 is 2.04 bits per heavy atom. The molecule has 0 spiro atoms. The lowest BCUT2D eigenvalue weighted by Crippen LogP contribution is -2.62. The van der Waals surface area contributed by atoms with Crippen molar-refractivity contribution < 1.29 is 47.9 Å². The van der Waals surface area contributed by atoms with Crippen molar-refractivity contribution >= 4 is 75.9 Å². The molecule has 1 fully saturated rings. The van der Waals surface area contributed by atoms with Gasteiger partial charge in [0.15, 0.2) is 5.96 Å². The van der Waals surface area contributed by atoms with Crippen molar-refractivity contribution in [3.05, 3.63) is 90.1 Å². The number of nitrogens with two attached hydrogens (primary N) is 3. The molecular weight excluding hydrogens is 985 g/mol. The number of imidazole rings is 1. The first kappa shape index (κ1) is 58.1. The predicted octanol–water partition coefficient (Wildman–Crippen LogP) is -2.91. The minimum absolute atomic E-state index is 0.0108. The molecule has 408 valence electrons. The quantitative estimate of drug-likeness (QED) is 0.0255. The van der Waals surface area contributed by atoms with E-state index in [2.05, 4.69) is 67.8 Å². The minimum atomic E-state index is -1.62. The number of hydrogen-bond acceptors (Lipinski definition) is 12. The first-order valence-electron chi connectivity index (χ1n) is 24.9. The van der Waals surface area contributed by atoms with Gasteiger partial charge < -0.3 is 75.0 Å². The number of nitrogens with one attached hydrogen (secondary N) is 11. The van der Waals surface area contributed by atoms with E-state index in [1.54, 1.807) is 42.6 Å². The Bertz CT molecular complexity index is 2690. The van der Waals surface area contributed by atoms with Gasteiger partial charge in [-0.25, -0.2) is 4.98 Å². The number of aromatic amines is 2. The highest BCUT2D eigenvalue weighted by atomic mass is 16.2. The highest BCUT2D eigenvalue weighted by Gasteiger charge is 2.35. The van der Waals surface area contributed by atoms with Crippen LogP contribution in [0, 0.1) is 0 Å². The number of para-hydroxylation sites is 1. The van der Waals surface area contributed by atoms with Crippen molar-refractivity contribution in [1.29, 1.82) is 0 Å². The van der Waals surface area contributed by atoms with Crippen LogP contribution in [-0.4, -0.2) is 142 Å². The molecule has 7 unspecified atom stereocenters. The summed E-state index contributed by atoms with van der Waals surface area (Å²) in [6.45, 7) is 1.99. The molecule has 1 aliphatic heterocycles. The van der Waals surface area contributed by atoms with Crippen LogP contribution in [0.1, 0.15) is 75.6 Å². The average molecular weight is 1050 g/mol. The first-order chi connectivity index (χ1) is 36.4. The molecule has 10 amide bonds. The third-order valence-electron chi connectivity index (χ3n) is 12.3. The molecule has 76 heavy (non-hydrogen) atoms. The summed E-state index contributed by atoms with van der Waals surface area (Å²) in [7, 11) is 0. The van der Waals surface area contributed by atoms with Gasteiger partial charge in [0.25, 0.3) is 0 Å². The lowest BCUT2D eigenvalue weighted by Gasteiger charge is -2.28. The van der Waals surface area contributed by atoms with Crippen LogP contribution in [0.2, 0.25) is 0 Å². The van der Waals surface area contributed by atoms with Crippen LogP contribution in [0.15, 0.2) is 78.3 Å². The number of carbonyl (C=O) groups excluding carboxylic acids is 10. The summed E-state index contributed by atoms with van der Waals surface area (Å²) in [5, 5.41) is 24.2. The summed E-state index contributed by atoms with van der Waals surface area (Å²) in [6, 6.07) is 5.89. The maximum absolute atomic E-state index is 14.6. The Morgan fingerprint density at radius 2 is 1.38 bits per heavy atom. The number of benzene rings is 2. The number of hydrogen-bond donors (Lipinski definition) is 14. The van der Waals surface area contributed by atoms with E-state index in [0.29, 0.717) is 29.7 Å². The molecule has 26 nitrogen and oxygen atoms in total. The number of aliphatic imine (C=N–C) groups is 1. The topological polar surface area (TPSA) is 414 Å². The summed E-state index contributed by atoms with van der Waals surface area (Å²) < 4.78 is 0. The van der Waals surface area contributed by atoms with Gasteiger partial charge in [-0.3, -0.25) is 52.9 Å². The second kappa shape index (κ2) is 29.2. The Hall–Kier alpha value is -8.84. The number of primary amides is 1. The summed E-state index contributed by atoms with van der Waals surface area (Å²) in [6.07, 6.45) is 4.46. The van der Waals surface area contributed by atoms with Crippen molar-refractivity contribution in [2.75, 3.05) is 19.6 Å². The Kier molecular flexibility index (Phi) is 22.3. The van der Waals surface area contributed by atoms with Gasteiger partial charge in [-0.1, -0.05) is 68.3 Å². The highest BCUT2D eigenvalue weighted by molar-refractivity contribution is 5.98. The van der Waals surface area contributed by atoms with Crippen molar-refractivity contribution in [2.45, 2.75) is 120 Å². The van der Waals surface area contributed by atoms with Gasteiger partial charge >= 0.3 is 0 Å². The third-order valence-corrected chi connectivity index (χ3v) is 12.3. The normalized spacial score (nSPS) is 20.1. The van der Waals surface area contributed by atoms with E-state index in [9.17, 15) is 47.9 Å². The summed E-state index contributed by atoms with van der Waals surface area (Å²) in [5.41, 5.74) is 19.3. The van der Waals surface area contributed by atoms with Crippen molar-refractivity contribution in [2.24, 2.45) is 22.2 Å². The molecule has 2 aromatic heterocycles. The van der Waals surface area contributed by atoms with Crippen LogP contribution in [0.25, 0.3) is 10.9 Å². The molecule has 1 saturated heterocycles. The number of rotatable bonds is 19. The SMILES string of the molecule is CCCCC(NC(C)=O)C(=O)NC1CNC(=O)CCC(=O)NCC(C(=O)NC(Cc2c[nH]c3ccccc23)C(N)=O)NC(=O)C(CCCN=C(N)N)NC(=O)C(Cc2ccccc2)NC(=O)C(Cc2cnc[nH]2)NC1=O. The number of guanidine groups is 1. The second-order valence-corrected chi connectivity index (χ2v) is 18.3. The van der Waals surface area contributed by atoms with Crippen molar-refractivity contribution in [1.82, 2.24) is 62.8 Å². The van der Waals surface area contributed by atoms with E-state index in [0.717, 1.165) is 10.9 Å². The average Bonchev–Trinajstić information content (AvgIpc) is 4.07. The third kappa shape index (κ3) is 18.6. The Balaban J connectivity index is 1.52. The van der Waals surface area contributed by atoms with E-state index in [1.165, 1.54) is 19.4 Å². The molecule has 1 aliphatic rings. The number of amides is 10. The van der Waals surface area contributed by atoms with E-state index in [1.807, 2.05) is 25.1 Å². The van der Waals surface area contributed by atoms with Crippen LogP contribution in [0.3, 0.4) is 0 Å². The fraction of sp³-hybridized carbons (Fsp3) is 0.440. The van der Waals surface area contributed by atoms with Gasteiger partial charge in [0.1, 0.15) is 42.3 Å². The van der Waals surface area contributed by atoms with Crippen molar-refractivity contribution in [3.63, 3.8) is 0 Å². The fourth-order valence-corrected chi connectivity index (χ4v) is 8.21. The molecule has 0 bridgehead atoms. The highest BCUT2D eigenvalue weighted by Crippen LogP contribution is 2.19. The zero-order chi connectivity index (χ0) is 55.1. The first-order valence-corrected chi connectivity index (χ1v) is 24.9. The molecule has 7 atom stereocenters. The molecule has 2 aromatic carbocycles. The molecule has 5 rings (SSSR count). The zero-order valence-electron chi connectivity index (χ0n) is 42.4. The Morgan fingerprint density at radius 1 is 0.737 bits per heavy atom. The smallest absolute Gasteiger partial charge is 0.245 e. The van der Waals surface area contributed by atoms with Crippen LogP contribution < -0.4 is 65.1 Å². The number of carbonyl (C=O) groups is 10. The van der Waals surface area contributed by atoms with E-state index in [4.69, 9.17) is 17.2 Å². The molecule has 4 aromatic rings. The van der Waals surface area contributed by atoms with Gasteiger partial charge in [-0.15, -0.1) is 0 Å². The van der Waals surface area contributed by atoms with Gasteiger partial charge in [-0.2, -0.15) is 0 Å². The number of aromatic nitrogens is 3. The number of unbranched alkanes of at least 4 members (excludes halogenated alkanes) is 1. The fourth-order valence-electron chi connectivity index (χ4n) is 8.21. The standard InChI is InChI=1S/C50H68N16O10/c1-3-4-14-34(60-28(2)67)44(71)65-40-26-58-42(69)18-17-41(68)57-25-39(48(75)62-36(43(51)70)21-30-23-56-33-15-9-8-13-32(30)33)66-45(72)35(16-10-19-55-50(52)53)61-46(73)37(20-29-11-6-5-7-12-29)63-47(74)38(64-49(40)76)22-31-24-54-27-59-31/h5-9,11-13,15,23-24,27,34-40,56H,3-4,10,14,16-22,25-26H2,1-2H3,(H2,51,70)(H,54,59)(H,57,68)(H,58,69)(H,60,67)(H,61,73)(H,62,75)(H,63,74)(H,64,76)(H,65,71)(H,66,72)(H4,52,53,55). The van der Waals surface area contributed by atoms with Gasteiger partial charge in [-0.05, 0) is 36.5 Å². The number of fused-ring (bicyclic) bond motifs is 1. The van der Waals surface area contributed by atoms with Gasteiger partial charge in [0.05, 0.1) is 6.33 Å². The van der Waals surface area contributed by atoms with E-state index >= 15 is 0 Å². The second-order valence-electron chi connectivity index (χ2n) is 18.3. The van der Waals surface area contributed by atoms with E-state index < -0.39 is 127 Å².